The Hall–Kier alpha value is -4.93. The number of benzene rings is 5. The summed E-state index contributed by atoms with van der Waals surface area (Å²) >= 11 is 1.49. The number of ether oxygens (including phenoxy) is 1. The molecule has 0 saturated heterocycles. The van der Waals surface area contributed by atoms with Crippen molar-refractivity contribution in [2.24, 2.45) is 0 Å². The normalized spacial score (nSPS) is 11.0. The van der Waals surface area contributed by atoms with Gasteiger partial charge in [0.25, 0.3) is 10.0 Å². The van der Waals surface area contributed by atoms with E-state index >= 15 is 0 Å². The number of carboxylic acids is 1. The first-order valence-electron chi connectivity index (χ1n) is 13.7. The number of aromatic carboxylic acids is 1. The lowest BCUT2D eigenvalue weighted by atomic mass is 10.1. The van der Waals surface area contributed by atoms with Gasteiger partial charge in [0.1, 0.15) is 11.5 Å². The van der Waals surface area contributed by atoms with Gasteiger partial charge < -0.3 is 19.9 Å². The molecule has 10 heteroatoms. The summed E-state index contributed by atoms with van der Waals surface area (Å²) in [6.45, 7) is 4.47. The van der Waals surface area contributed by atoms with Gasteiger partial charge in [0.2, 0.25) is 0 Å². The Morgan fingerprint density at radius 2 is 1.36 bits per heavy atom. The molecular formula is C34H31N3O5S2. The average Bonchev–Trinajstić information content (AvgIpc) is 3.01. The van der Waals surface area contributed by atoms with Crippen LogP contribution in [0.5, 0.6) is 11.5 Å². The molecule has 0 saturated carbocycles. The molecule has 224 valence electrons. The summed E-state index contributed by atoms with van der Waals surface area (Å²) in [5, 5.41) is 13.3. The van der Waals surface area contributed by atoms with Gasteiger partial charge in [-0.2, -0.15) is 0 Å². The van der Waals surface area contributed by atoms with Crippen molar-refractivity contribution in [2.45, 2.75) is 30.2 Å². The zero-order valence-electron chi connectivity index (χ0n) is 24.1. The van der Waals surface area contributed by atoms with Crippen LogP contribution in [-0.2, 0) is 16.6 Å². The molecule has 0 aromatic heterocycles. The van der Waals surface area contributed by atoms with Crippen LogP contribution >= 0.6 is 11.9 Å². The van der Waals surface area contributed by atoms with Crippen molar-refractivity contribution in [3.8, 4) is 11.5 Å². The molecule has 0 aliphatic heterocycles. The highest BCUT2D eigenvalue weighted by atomic mass is 32.2. The van der Waals surface area contributed by atoms with Crippen molar-refractivity contribution in [1.29, 1.82) is 0 Å². The molecule has 0 aliphatic rings. The fraction of sp³-hybridized carbons (Fsp3) is 0.0882. The summed E-state index contributed by atoms with van der Waals surface area (Å²) in [6, 6.07) is 34.2. The zero-order valence-corrected chi connectivity index (χ0v) is 25.7. The average molecular weight is 626 g/mol. The standard InChI is InChI=1S/C34H31N3O5S2/c1-23-8-14-28(15-9-23)43-36-32-19-13-27(21-33(32)35-22-25-6-4-3-5-7-25)42-26-12-18-31(30(20-26)34(38)39)37-44(40,41)29-16-10-24(2)11-17-29/h3-21,35-37H,22H2,1-2H3,(H,38,39). The minimum Gasteiger partial charge on any atom is -0.478 e. The van der Waals surface area contributed by atoms with Crippen molar-refractivity contribution < 1.29 is 23.1 Å². The summed E-state index contributed by atoms with van der Waals surface area (Å²) in [5.74, 6) is -0.588. The van der Waals surface area contributed by atoms with E-state index in [1.165, 1.54) is 47.8 Å². The quantitative estimate of drug-likeness (QED) is 0.102. The second kappa shape index (κ2) is 13.6. The number of carbonyl (C=O) groups is 1. The van der Waals surface area contributed by atoms with Crippen LogP contribution in [0.15, 0.2) is 125 Å². The van der Waals surface area contributed by atoms with Gasteiger partial charge in [0.15, 0.2) is 0 Å². The van der Waals surface area contributed by atoms with Crippen LogP contribution in [0.3, 0.4) is 0 Å². The Labute approximate surface area is 261 Å². The Morgan fingerprint density at radius 1 is 0.750 bits per heavy atom. The number of hydrogen-bond acceptors (Lipinski definition) is 7. The van der Waals surface area contributed by atoms with E-state index in [9.17, 15) is 18.3 Å². The first-order chi connectivity index (χ1) is 21.2. The van der Waals surface area contributed by atoms with E-state index < -0.39 is 16.0 Å². The molecule has 0 bridgehead atoms. The van der Waals surface area contributed by atoms with Crippen LogP contribution in [0.1, 0.15) is 27.0 Å². The smallest absolute Gasteiger partial charge is 0.337 e. The highest BCUT2D eigenvalue weighted by molar-refractivity contribution is 8.00. The number of carboxylic acid groups (broad SMARTS) is 1. The highest BCUT2D eigenvalue weighted by Gasteiger charge is 2.20. The van der Waals surface area contributed by atoms with Gasteiger partial charge in [-0.3, -0.25) is 4.72 Å². The molecule has 0 spiro atoms. The number of sulfonamides is 1. The Kier molecular flexibility index (Phi) is 9.42. The molecule has 5 aromatic rings. The summed E-state index contributed by atoms with van der Waals surface area (Å²) < 4.78 is 37.7. The predicted octanol–water partition coefficient (Wildman–Crippen LogP) is 8.33. The molecule has 8 nitrogen and oxygen atoms in total. The van der Waals surface area contributed by atoms with E-state index in [2.05, 4.69) is 26.9 Å². The molecule has 0 radical (unpaired) electrons. The molecule has 0 amide bonds. The van der Waals surface area contributed by atoms with Crippen molar-refractivity contribution in [3.05, 3.63) is 138 Å². The van der Waals surface area contributed by atoms with Gasteiger partial charge >= 0.3 is 5.97 Å². The lowest BCUT2D eigenvalue weighted by Crippen LogP contribution is -2.15. The van der Waals surface area contributed by atoms with E-state index in [0.29, 0.717) is 12.3 Å². The van der Waals surface area contributed by atoms with E-state index in [4.69, 9.17) is 4.74 Å². The maximum absolute atomic E-state index is 12.9. The van der Waals surface area contributed by atoms with E-state index in [0.717, 1.165) is 27.4 Å². The molecule has 0 atom stereocenters. The lowest BCUT2D eigenvalue weighted by Gasteiger charge is -2.16. The predicted molar refractivity (Wildman–Crippen MR) is 176 cm³/mol. The summed E-state index contributed by atoms with van der Waals surface area (Å²) in [6.07, 6.45) is 0. The molecule has 0 unspecified atom stereocenters. The highest BCUT2D eigenvalue weighted by Crippen LogP contribution is 2.35. The third-order valence-corrected chi connectivity index (χ3v) is 8.86. The fourth-order valence-electron chi connectivity index (χ4n) is 4.25. The Bertz CT molecular complexity index is 1860. The van der Waals surface area contributed by atoms with Crippen LogP contribution in [0.25, 0.3) is 0 Å². The van der Waals surface area contributed by atoms with Gasteiger partial charge in [0.05, 0.1) is 27.5 Å². The largest absolute Gasteiger partial charge is 0.478 e. The second-order valence-corrected chi connectivity index (χ2v) is 12.7. The molecule has 0 aliphatic carbocycles. The zero-order chi connectivity index (χ0) is 31.1. The summed E-state index contributed by atoms with van der Waals surface area (Å²) in [4.78, 5) is 13.2. The number of rotatable bonds is 12. The Morgan fingerprint density at radius 3 is 2.02 bits per heavy atom. The molecule has 0 heterocycles. The first kappa shape index (κ1) is 30.5. The van der Waals surface area contributed by atoms with Gasteiger partial charge in [-0.1, -0.05) is 65.7 Å². The maximum Gasteiger partial charge on any atom is 0.337 e. The van der Waals surface area contributed by atoms with Gasteiger partial charge in [0, 0.05) is 17.5 Å². The van der Waals surface area contributed by atoms with Gasteiger partial charge in [-0.15, -0.1) is 0 Å². The summed E-state index contributed by atoms with van der Waals surface area (Å²) in [5.41, 5.74) is 4.51. The van der Waals surface area contributed by atoms with Crippen LogP contribution in [0.2, 0.25) is 0 Å². The Balaban J connectivity index is 1.37. The SMILES string of the molecule is Cc1ccc(SNc2ccc(Oc3ccc(NS(=O)(=O)c4ccc(C)cc4)c(C(=O)O)c3)cc2NCc2ccccc2)cc1. The minimum absolute atomic E-state index is 0.0320. The van der Waals surface area contributed by atoms with E-state index in [1.807, 2.05) is 68.4 Å². The van der Waals surface area contributed by atoms with Crippen LogP contribution in [0, 0.1) is 13.8 Å². The van der Waals surface area contributed by atoms with E-state index in [-0.39, 0.29) is 21.9 Å². The minimum atomic E-state index is -4.00. The van der Waals surface area contributed by atoms with Crippen LogP contribution < -0.4 is 19.5 Å². The molecule has 5 rings (SSSR count). The molecule has 4 N–H and O–H groups in total. The van der Waals surface area contributed by atoms with Crippen LogP contribution in [-0.4, -0.2) is 19.5 Å². The topological polar surface area (TPSA) is 117 Å². The van der Waals surface area contributed by atoms with E-state index in [1.54, 1.807) is 18.2 Å². The van der Waals surface area contributed by atoms with Crippen molar-refractivity contribution in [1.82, 2.24) is 0 Å². The lowest BCUT2D eigenvalue weighted by molar-refractivity contribution is 0.0697. The molecule has 0 fully saturated rings. The maximum atomic E-state index is 12.9. The fourth-order valence-corrected chi connectivity index (χ4v) is 6.00. The van der Waals surface area contributed by atoms with Crippen molar-refractivity contribution in [2.75, 3.05) is 14.8 Å². The number of nitrogens with one attached hydrogen (secondary N) is 3. The van der Waals surface area contributed by atoms with Gasteiger partial charge in [-0.25, -0.2) is 13.2 Å². The molecule has 5 aromatic carbocycles. The number of hydrogen-bond donors (Lipinski definition) is 4. The van der Waals surface area contributed by atoms with Crippen molar-refractivity contribution >= 4 is 45.0 Å². The first-order valence-corrected chi connectivity index (χ1v) is 16.0. The third kappa shape index (κ3) is 7.91. The van der Waals surface area contributed by atoms with Gasteiger partial charge in [-0.05, 0) is 86.0 Å². The number of aryl methyl sites for hydroxylation is 2. The molecule has 44 heavy (non-hydrogen) atoms. The monoisotopic (exact) mass is 625 g/mol. The molecular weight excluding hydrogens is 595 g/mol. The summed E-state index contributed by atoms with van der Waals surface area (Å²) in [7, 11) is -4.00. The third-order valence-electron chi connectivity index (χ3n) is 6.65. The van der Waals surface area contributed by atoms with Crippen molar-refractivity contribution in [3.63, 3.8) is 0 Å². The van der Waals surface area contributed by atoms with Crippen LogP contribution in [0.4, 0.5) is 17.1 Å². The second-order valence-electron chi connectivity index (χ2n) is 10.1. The number of anilines is 3.